The predicted molar refractivity (Wildman–Crippen MR) is 135 cm³/mol. The summed E-state index contributed by atoms with van der Waals surface area (Å²) in [7, 11) is 0. The third kappa shape index (κ3) is 4.54. The third-order valence-electron chi connectivity index (χ3n) is 5.95. The van der Waals surface area contributed by atoms with Gasteiger partial charge in [0.2, 0.25) is 5.91 Å². The van der Waals surface area contributed by atoms with E-state index in [1.807, 2.05) is 60.7 Å². The number of rotatable bonds is 6. The Kier molecular flexibility index (Phi) is 5.85. The van der Waals surface area contributed by atoms with Crippen LogP contribution in [0.25, 0.3) is 17.0 Å². The second kappa shape index (κ2) is 9.26. The fourth-order valence-electron chi connectivity index (χ4n) is 4.17. The van der Waals surface area contributed by atoms with Crippen molar-refractivity contribution in [3.63, 3.8) is 0 Å². The Morgan fingerprint density at radius 2 is 1.86 bits per heavy atom. The lowest BCUT2D eigenvalue weighted by molar-refractivity contribution is -0.384. The van der Waals surface area contributed by atoms with E-state index >= 15 is 0 Å². The molecule has 0 unspecified atom stereocenters. The van der Waals surface area contributed by atoms with Gasteiger partial charge in [0.1, 0.15) is 0 Å². The van der Waals surface area contributed by atoms with Gasteiger partial charge in [0, 0.05) is 47.8 Å². The molecule has 0 atom stereocenters. The molecule has 1 aliphatic rings. The number of nitro groups is 1. The molecule has 0 aliphatic carbocycles. The van der Waals surface area contributed by atoms with Crippen molar-refractivity contribution in [2.75, 3.05) is 6.54 Å². The van der Waals surface area contributed by atoms with E-state index in [0.29, 0.717) is 34.3 Å². The summed E-state index contributed by atoms with van der Waals surface area (Å²) < 4.78 is 0. The number of nitrogens with one attached hydrogen (secondary N) is 1. The van der Waals surface area contributed by atoms with Gasteiger partial charge in [0.05, 0.1) is 21.9 Å². The first-order valence-corrected chi connectivity index (χ1v) is 11.2. The van der Waals surface area contributed by atoms with Gasteiger partial charge in [-0.15, -0.1) is 0 Å². The number of benzene rings is 3. The van der Waals surface area contributed by atoms with Crippen molar-refractivity contribution < 1.29 is 14.8 Å². The summed E-state index contributed by atoms with van der Waals surface area (Å²) in [5.41, 5.74) is 3.72. The number of non-ortho nitro benzene ring substituents is 1. The second-order valence-corrected chi connectivity index (χ2v) is 8.26. The molecule has 0 radical (unpaired) electrons. The summed E-state index contributed by atoms with van der Waals surface area (Å²) >= 11 is 0. The number of amides is 1. The van der Waals surface area contributed by atoms with Crippen molar-refractivity contribution in [1.29, 1.82) is 0 Å². The summed E-state index contributed by atoms with van der Waals surface area (Å²) in [5.74, 6) is 0.0201. The molecular formula is C27H22N4O4. The predicted octanol–water partition coefficient (Wildman–Crippen LogP) is 5.54. The molecule has 0 saturated carbocycles. The maximum atomic E-state index is 11.8. The molecule has 3 aromatic carbocycles. The molecule has 5 rings (SSSR count). The zero-order valence-electron chi connectivity index (χ0n) is 18.7. The van der Waals surface area contributed by atoms with Gasteiger partial charge in [-0.25, -0.2) is 4.99 Å². The Labute approximate surface area is 201 Å². The first-order chi connectivity index (χ1) is 17.0. The molecule has 0 spiro atoms. The van der Waals surface area contributed by atoms with Gasteiger partial charge in [0.25, 0.3) is 5.69 Å². The van der Waals surface area contributed by atoms with Crippen molar-refractivity contribution >= 4 is 40.0 Å². The van der Waals surface area contributed by atoms with Gasteiger partial charge in [0.15, 0.2) is 5.88 Å². The minimum atomic E-state index is -0.464. The van der Waals surface area contributed by atoms with Crippen molar-refractivity contribution in [3.8, 4) is 5.88 Å². The van der Waals surface area contributed by atoms with Crippen LogP contribution in [0.15, 0.2) is 84.0 Å². The molecule has 2 heterocycles. The maximum absolute atomic E-state index is 11.8. The fourth-order valence-corrected chi connectivity index (χ4v) is 4.17. The van der Waals surface area contributed by atoms with Crippen LogP contribution in [0.1, 0.15) is 29.5 Å². The number of aliphatic imine (C=N–C) groups is 1. The number of H-pyrrole nitrogens is 1. The molecule has 35 heavy (non-hydrogen) atoms. The Hall–Kier alpha value is -4.72. The molecule has 1 fully saturated rings. The lowest BCUT2D eigenvalue weighted by Gasteiger charge is -2.09. The quantitative estimate of drug-likeness (QED) is 0.221. The molecule has 8 nitrogen and oxygen atoms in total. The maximum Gasteiger partial charge on any atom is 0.270 e. The molecule has 1 aliphatic heterocycles. The summed E-state index contributed by atoms with van der Waals surface area (Å²) in [6.07, 6.45) is 5.16. The number of aromatic nitrogens is 1. The minimum absolute atomic E-state index is 0.0715. The minimum Gasteiger partial charge on any atom is -0.494 e. The number of aromatic amines is 1. The molecule has 8 heteroatoms. The first-order valence-electron chi connectivity index (χ1n) is 11.2. The highest BCUT2D eigenvalue weighted by atomic mass is 16.6. The number of nitro benzene ring substituents is 1. The van der Waals surface area contributed by atoms with Gasteiger partial charge >= 0.3 is 0 Å². The van der Waals surface area contributed by atoms with Crippen molar-refractivity contribution in [1.82, 2.24) is 9.88 Å². The van der Waals surface area contributed by atoms with Gasteiger partial charge < -0.3 is 15.0 Å². The smallest absolute Gasteiger partial charge is 0.270 e. The van der Waals surface area contributed by atoms with E-state index in [9.17, 15) is 20.0 Å². The lowest BCUT2D eigenvalue weighted by Crippen LogP contribution is -2.16. The van der Waals surface area contributed by atoms with Crippen LogP contribution in [-0.4, -0.2) is 38.1 Å². The van der Waals surface area contributed by atoms with Crippen molar-refractivity contribution in [2.24, 2.45) is 4.99 Å². The van der Waals surface area contributed by atoms with E-state index in [1.165, 1.54) is 12.1 Å². The number of hydrogen-bond acceptors (Lipinski definition) is 5. The van der Waals surface area contributed by atoms with E-state index in [1.54, 1.807) is 17.2 Å². The normalized spacial score (nSPS) is 14.3. The van der Waals surface area contributed by atoms with Crippen LogP contribution in [-0.2, 0) is 4.79 Å². The van der Waals surface area contributed by atoms with E-state index < -0.39 is 4.92 Å². The highest BCUT2D eigenvalue weighted by Crippen LogP contribution is 2.33. The van der Waals surface area contributed by atoms with Gasteiger partial charge in [-0.2, -0.15) is 0 Å². The van der Waals surface area contributed by atoms with Crippen molar-refractivity contribution in [2.45, 2.75) is 12.8 Å². The monoisotopic (exact) mass is 466 g/mol. The Morgan fingerprint density at radius 1 is 1.09 bits per heavy atom. The first kappa shape index (κ1) is 22.1. The Balaban J connectivity index is 1.56. The van der Waals surface area contributed by atoms with Crippen LogP contribution in [0.4, 0.5) is 11.4 Å². The molecule has 0 bridgehead atoms. The number of fused-ring (bicyclic) bond motifs is 1. The van der Waals surface area contributed by atoms with Crippen LogP contribution < -0.4 is 0 Å². The summed E-state index contributed by atoms with van der Waals surface area (Å²) in [5, 5.41) is 22.6. The molecular weight excluding hydrogens is 444 g/mol. The average Bonchev–Trinajstić information content (AvgIpc) is 3.43. The largest absolute Gasteiger partial charge is 0.494 e. The highest BCUT2D eigenvalue weighted by molar-refractivity contribution is 6.22. The molecule has 2 N–H and O–H groups in total. The van der Waals surface area contributed by atoms with E-state index in [0.717, 1.165) is 24.1 Å². The Morgan fingerprint density at radius 3 is 2.54 bits per heavy atom. The van der Waals surface area contributed by atoms with Crippen molar-refractivity contribution in [3.05, 3.63) is 106 Å². The van der Waals surface area contributed by atoms with Gasteiger partial charge in [-0.3, -0.25) is 14.9 Å². The van der Waals surface area contributed by atoms with Crippen LogP contribution in [0, 0.1) is 10.1 Å². The van der Waals surface area contributed by atoms with E-state index in [-0.39, 0.29) is 17.5 Å². The molecule has 1 aromatic heterocycles. The standard InChI is InChI=1S/C27H22N4O4/c32-24-7-4-15-30(24)16-14-18-8-10-20(11-9-18)28-26(19-5-2-1-3-6-19)25-22-17-21(31(34)35)12-13-23(22)29-27(25)33/h1-3,5-6,8-14,16-17,29,33H,4,7,15H2. The highest BCUT2D eigenvalue weighted by Gasteiger charge is 2.21. The van der Waals surface area contributed by atoms with Gasteiger partial charge in [-0.1, -0.05) is 42.5 Å². The van der Waals surface area contributed by atoms with Crippen LogP contribution in [0.3, 0.4) is 0 Å². The van der Waals surface area contributed by atoms with Crippen LogP contribution >= 0.6 is 0 Å². The summed E-state index contributed by atoms with van der Waals surface area (Å²) in [6.45, 7) is 0.740. The number of aromatic hydroxyl groups is 1. The third-order valence-corrected chi connectivity index (χ3v) is 5.95. The van der Waals surface area contributed by atoms with E-state index in [4.69, 9.17) is 4.99 Å². The zero-order chi connectivity index (χ0) is 24.4. The number of carbonyl (C=O) groups excluding carboxylic acids is 1. The lowest BCUT2D eigenvalue weighted by atomic mass is 10.0. The molecule has 1 saturated heterocycles. The van der Waals surface area contributed by atoms with Crippen LogP contribution in [0.2, 0.25) is 0 Å². The van der Waals surface area contributed by atoms with Crippen LogP contribution in [0.5, 0.6) is 5.88 Å². The topological polar surface area (TPSA) is 112 Å². The molecule has 1 amide bonds. The summed E-state index contributed by atoms with van der Waals surface area (Å²) in [6, 6.07) is 21.3. The molecule has 4 aromatic rings. The zero-order valence-corrected chi connectivity index (χ0v) is 18.7. The van der Waals surface area contributed by atoms with Gasteiger partial charge in [-0.05, 0) is 36.3 Å². The number of likely N-dealkylation sites (tertiary alicyclic amines) is 1. The fraction of sp³-hybridized carbons (Fsp3) is 0.111. The Bertz CT molecular complexity index is 1470. The SMILES string of the molecule is O=C1CCCN1C=Cc1ccc(N=C(c2ccccc2)c2c(O)[nH]c3ccc([N+](=O)[O-])cc23)cc1. The number of carbonyl (C=O) groups is 1. The van der Waals surface area contributed by atoms with E-state index in [2.05, 4.69) is 4.98 Å². The summed E-state index contributed by atoms with van der Waals surface area (Å²) in [4.78, 5) is 32.1. The number of nitrogens with zero attached hydrogens (tertiary/aromatic N) is 3. The number of hydrogen-bond donors (Lipinski definition) is 2. The molecule has 174 valence electrons. The average molecular weight is 466 g/mol. The second-order valence-electron chi connectivity index (χ2n) is 8.26.